The summed E-state index contributed by atoms with van der Waals surface area (Å²) in [6.07, 6.45) is 1.58. The zero-order valence-electron chi connectivity index (χ0n) is 11.9. The van der Waals surface area contributed by atoms with Crippen LogP contribution in [-0.2, 0) is 6.54 Å². The van der Waals surface area contributed by atoms with Crippen molar-refractivity contribution in [3.63, 3.8) is 0 Å². The largest absolute Gasteiger partial charge is 0.467 e. The molecule has 0 fully saturated rings. The number of anilines is 2. The molecule has 0 aliphatic heterocycles. The smallest absolute Gasteiger partial charge is 0.319 e. The Hall–Kier alpha value is -2.43. The van der Waals surface area contributed by atoms with Crippen LogP contribution in [0.3, 0.4) is 0 Å². The van der Waals surface area contributed by atoms with Crippen molar-refractivity contribution in [1.29, 1.82) is 0 Å². The number of carbonyl (C=O) groups excluding carboxylic acids is 1. The molecule has 0 saturated heterocycles. The van der Waals surface area contributed by atoms with E-state index in [9.17, 15) is 4.79 Å². The molecule has 5 heteroatoms. The SMILES string of the molecule is Cc1cc(N(C)C)ccc1NC(=O)NCc1ccco1. The quantitative estimate of drug-likeness (QED) is 0.900. The van der Waals surface area contributed by atoms with Crippen molar-refractivity contribution in [2.45, 2.75) is 13.5 Å². The van der Waals surface area contributed by atoms with Gasteiger partial charge in [-0.3, -0.25) is 0 Å². The molecular weight excluding hydrogens is 254 g/mol. The van der Waals surface area contributed by atoms with Gasteiger partial charge in [0, 0.05) is 25.5 Å². The van der Waals surface area contributed by atoms with Crippen LogP contribution in [0.2, 0.25) is 0 Å². The van der Waals surface area contributed by atoms with Gasteiger partial charge >= 0.3 is 6.03 Å². The highest BCUT2D eigenvalue weighted by molar-refractivity contribution is 5.90. The third kappa shape index (κ3) is 3.54. The average Bonchev–Trinajstić information content (AvgIpc) is 2.91. The van der Waals surface area contributed by atoms with E-state index >= 15 is 0 Å². The highest BCUT2D eigenvalue weighted by Crippen LogP contribution is 2.21. The van der Waals surface area contributed by atoms with Crippen LogP contribution in [-0.4, -0.2) is 20.1 Å². The van der Waals surface area contributed by atoms with E-state index in [0.717, 1.165) is 22.7 Å². The van der Waals surface area contributed by atoms with Crippen LogP contribution >= 0.6 is 0 Å². The molecule has 1 aromatic heterocycles. The van der Waals surface area contributed by atoms with Gasteiger partial charge in [0.05, 0.1) is 12.8 Å². The van der Waals surface area contributed by atoms with E-state index in [-0.39, 0.29) is 6.03 Å². The fourth-order valence-corrected chi connectivity index (χ4v) is 1.81. The molecule has 5 nitrogen and oxygen atoms in total. The molecule has 20 heavy (non-hydrogen) atoms. The highest BCUT2D eigenvalue weighted by atomic mass is 16.3. The third-order valence-corrected chi connectivity index (χ3v) is 2.98. The second-order valence-electron chi connectivity index (χ2n) is 4.78. The lowest BCUT2D eigenvalue weighted by Crippen LogP contribution is -2.28. The number of hydrogen-bond donors (Lipinski definition) is 2. The molecule has 0 aliphatic rings. The van der Waals surface area contributed by atoms with Crippen molar-refractivity contribution in [3.05, 3.63) is 47.9 Å². The first-order chi connectivity index (χ1) is 9.56. The Labute approximate surface area is 118 Å². The van der Waals surface area contributed by atoms with Gasteiger partial charge in [-0.25, -0.2) is 4.79 Å². The van der Waals surface area contributed by atoms with E-state index < -0.39 is 0 Å². The molecule has 1 aromatic carbocycles. The van der Waals surface area contributed by atoms with Crippen LogP contribution in [0.4, 0.5) is 16.2 Å². The van der Waals surface area contributed by atoms with E-state index in [1.54, 1.807) is 12.3 Å². The maximum atomic E-state index is 11.8. The van der Waals surface area contributed by atoms with E-state index in [4.69, 9.17) is 4.42 Å². The summed E-state index contributed by atoms with van der Waals surface area (Å²) in [4.78, 5) is 13.8. The van der Waals surface area contributed by atoms with Crippen molar-refractivity contribution < 1.29 is 9.21 Å². The first kappa shape index (κ1) is 14.0. The molecule has 0 aliphatic carbocycles. The Morgan fingerprint density at radius 1 is 1.30 bits per heavy atom. The molecule has 0 bridgehead atoms. The summed E-state index contributed by atoms with van der Waals surface area (Å²) in [7, 11) is 3.97. The number of hydrogen-bond acceptors (Lipinski definition) is 3. The highest BCUT2D eigenvalue weighted by Gasteiger charge is 2.06. The molecule has 0 saturated carbocycles. The molecular formula is C15H19N3O2. The minimum absolute atomic E-state index is 0.248. The number of aryl methyl sites for hydroxylation is 1. The summed E-state index contributed by atoms with van der Waals surface area (Å²) in [5, 5.41) is 5.57. The number of furan rings is 1. The van der Waals surface area contributed by atoms with Crippen molar-refractivity contribution in [1.82, 2.24) is 5.32 Å². The number of carbonyl (C=O) groups is 1. The maximum Gasteiger partial charge on any atom is 0.319 e. The molecule has 0 unspecified atom stereocenters. The fourth-order valence-electron chi connectivity index (χ4n) is 1.81. The summed E-state index contributed by atoms with van der Waals surface area (Å²) in [6.45, 7) is 2.34. The van der Waals surface area contributed by atoms with Crippen LogP contribution in [0.1, 0.15) is 11.3 Å². The normalized spacial score (nSPS) is 10.2. The Bertz CT molecular complexity index is 577. The standard InChI is InChI=1S/C15H19N3O2/c1-11-9-12(18(2)3)6-7-14(11)17-15(19)16-10-13-5-4-8-20-13/h4-9H,10H2,1-3H3,(H2,16,17,19). The van der Waals surface area contributed by atoms with Crippen LogP contribution in [0.25, 0.3) is 0 Å². The number of amides is 2. The second-order valence-corrected chi connectivity index (χ2v) is 4.78. The van der Waals surface area contributed by atoms with Gasteiger partial charge in [-0.15, -0.1) is 0 Å². The average molecular weight is 273 g/mol. The Balaban J connectivity index is 1.94. The zero-order valence-corrected chi connectivity index (χ0v) is 11.9. The lowest BCUT2D eigenvalue weighted by molar-refractivity contribution is 0.251. The van der Waals surface area contributed by atoms with Crippen LogP contribution in [0.5, 0.6) is 0 Å². The van der Waals surface area contributed by atoms with E-state index in [1.807, 2.05) is 50.2 Å². The monoisotopic (exact) mass is 273 g/mol. The third-order valence-electron chi connectivity index (χ3n) is 2.98. The van der Waals surface area contributed by atoms with Crippen molar-refractivity contribution in [3.8, 4) is 0 Å². The predicted molar refractivity (Wildman–Crippen MR) is 80.1 cm³/mol. The lowest BCUT2D eigenvalue weighted by atomic mass is 10.1. The van der Waals surface area contributed by atoms with Crippen molar-refractivity contribution in [2.24, 2.45) is 0 Å². The summed E-state index contributed by atoms with van der Waals surface area (Å²) in [6, 6.07) is 9.26. The van der Waals surface area contributed by atoms with Crippen LogP contribution < -0.4 is 15.5 Å². The zero-order chi connectivity index (χ0) is 14.5. The predicted octanol–water partition coefficient (Wildman–Crippen LogP) is 2.98. The number of urea groups is 1. The Kier molecular flexibility index (Phi) is 4.30. The summed E-state index contributed by atoms with van der Waals surface area (Å²) in [5.74, 6) is 0.722. The molecule has 0 spiro atoms. The van der Waals surface area contributed by atoms with Gasteiger partial charge in [0.2, 0.25) is 0 Å². The molecule has 2 N–H and O–H groups in total. The van der Waals surface area contributed by atoms with Gasteiger partial charge in [-0.2, -0.15) is 0 Å². The van der Waals surface area contributed by atoms with Gasteiger partial charge < -0.3 is 20.0 Å². The van der Waals surface area contributed by atoms with Gasteiger partial charge in [-0.1, -0.05) is 0 Å². The number of benzene rings is 1. The number of nitrogens with one attached hydrogen (secondary N) is 2. The van der Waals surface area contributed by atoms with E-state index in [2.05, 4.69) is 10.6 Å². The first-order valence-corrected chi connectivity index (χ1v) is 6.41. The Morgan fingerprint density at radius 2 is 2.10 bits per heavy atom. The summed E-state index contributed by atoms with van der Waals surface area (Å²) in [5.41, 5.74) is 2.92. The van der Waals surface area contributed by atoms with Gasteiger partial charge in [0.15, 0.2) is 0 Å². The van der Waals surface area contributed by atoms with Crippen LogP contribution in [0, 0.1) is 6.92 Å². The van der Waals surface area contributed by atoms with E-state index in [0.29, 0.717) is 6.54 Å². The molecule has 2 amide bonds. The minimum Gasteiger partial charge on any atom is -0.467 e. The second kappa shape index (κ2) is 6.14. The summed E-state index contributed by atoms with van der Waals surface area (Å²) < 4.78 is 5.15. The topological polar surface area (TPSA) is 57.5 Å². The van der Waals surface area contributed by atoms with Crippen LogP contribution in [0.15, 0.2) is 41.0 Å². The molecule has 2 aromatic rings. The minimum atomic E-state index is -0.248. The molecule has 2 rings (SSSR count). The van der Waals surface area contributed by atoms with Gasteiger partial charge in [-0.05, 0) is 42.8 Å². The molecule has 106 valence electrons. The van der Waals surface area contributed by atoms with Crippen molar-refractivity contribution >= 4 is 17.4 Å². The maximum absolute atomic E-state index is 11.8. The lowest BCUT2D eigenvalue weighted by Gasteiger charge is -2.15. The first-order valence-electron chi connectivity index (χ1n) is 6.41. The van der Waals surface area contributed by atoms with Gasteiger partial charge in [0.25, 0.3) is 0 Å². The van der Waals surface area contributed by atoms with E-state index in [1.165, 1.54) is 0 Å². The fraction of sp³-hybridized carbons (Fsp3) is 0.267. The number of rotatable bonds is 4. The van der Waals surface area contributed by atoms with Crippen molar-refractivity contribution in [2.75, 3.05) is 24.3 Å². The Morgan fingerprint density at radius 3 is 2.70 bits per heavy atom. The summed E-state index contributed by atoms with van der Waals surface area (Å²) >= 11 is 0. The molecule has 0 radical (unpaired) electrons. The molecule has 0 atom stereocenters. The molecule has 1 heterocycles. The van der Waals surface area contributed by atoms with Gasteiger partial charge in [0.1, 0.15) is 5.76 Å². The number of nitrogens with zero attached hydrogens (tertiary/aromatic N) is 1.